The Balaban J connectivity index is 1.82. The molecule has 0 aliphatic heterocycles. The van der Waals surface area contributed by atoms with Gasteiger partial charge in [0.2, 0.25) is 15.9 Å². The van der Waals surface area contributed by atoms with Crippen LogP contribution in [0.2, 0.25) is 0 Å². The summed E-state index contributed by atoms with van der Waals surface area (Å²) in [6, 6.07) is 14.1. The number of anilines is 1. The fourth-order valence-electron chi connectivity index (χ4n) is 2.98. The Morgan fingerprint density at radius 1 is 1.22 bits per heavy atom. The van der Waals surface area contributed by atoms with Crippen molar-refractivity contribution in [3.8, 4) is 6.07 Å². The molecule has 1 amide bonds. The zero-order valence-electron chi connectivity index (χ0n) is 18.3. The number of sulfonamides is 1. The van der Waals surface area contributed by atoms with Crippen LogP contribution < -0.4 is 4.90 Å². The van der Waals surface area contributed by atoms with Gasteiger partial charge in [-0.1, -0.05) is 29.5 Å². The number of carbonyl (C=O) groups excluding carboxylic acids is 1. The maximum atomic E-state index is 13.2. The summed E-state index contributed by atoms with van der Waals surface area (Å²) in [7, 11) is -0.669. The van der Waals surface area contributed by atoms with Crippen LogP contribution in [0, 0.1) is 18.3 Å². The van der Waals surface area contributed by atoms with Crippen LogP contribution in [0.25, 0.3) is 11.1 Å². The second-order valence-electron chi connectivity index (χ2n) is 7.39. The van der Waals surface area contributed by atoms with E-state index in [4.69, 9.17) is 9.68 Å². The molecule has 2 aromatic carbocycles. The van der Waals surface area contributed by atoms with E-state index >= 15 is 0 Å². The average Bonchev–Trinajstić information content (AvgIpc) is 3.16. The minimum atomic E-state index is -3.59. The molecule has 0 bridgehead atoms. The third-order valence-electron chi connectivity index (χ3n) is 4.80. The quantitative estimate of drug-likeness (QED) is 0.459. The second-order valence-corrected chi connectivity index (χ2v) is 10.8. The maximum absolute atomic E-state index is 13.2. The van der Waals surface area contributed by atoms with Crippen molar-refractivity contribution >= 4 is 44.5 Å². The van der Waals surface area contributed by atoms with Crippen molar-refractivity contribution in [2.75, 3.05) is 25.5 Å². The smallest absolute Gasteiger partial charge is 0.257 e. The van der Waals surface area contributed by atoms with Gasteiger partial charge < -0.3 is 9.32 Å². The molecule has 1 aromatic heterocycles. The first-order chi connectivity index (χ1) is 15.1. The number of nitriles is 1. The predicted molar refractivity (Wildman–Crippen MR) is 124 cm³/mol. The molecule has 0 aliphatic rings. The summed E-state index contributed by atoms with van der Waals surface area (Å²) in [5, 5.41) is 8.73. The summed E-state index contributed by atoms with van der Waals surface area (Å²) in [4.78, 5) is 19.2. The summed E-state index contributed by atoms with van der Waals surface area (Å²) in [6.45, 7) is 3.99. The van der Waals surface area contributed by atoms with Crippen LogP contribution >= 0.6 is 11.8 Å². The minimum Gasteiger partial charge on any atom is -0.431 e. The lowest BCUT2D eigenvalue weighted by Gasteiger charge is -2.24. The number of hydrogen-bond donors (Lipinski definition) is 0. The monoisotopic (exact) mass is 472 g/mol. The van der Waals surface area contributed by atoms with Crippen LogP contribution in [0.4, 0.5) is 5.69 Å². The number of nitrogens with zero attached hydrogens (tertiary/aromatic N) is 4. The molecule has 8 nitrogen and oxygen atoms in total. The topological polar surface area (TPSA) is 108 Å². The molecule has 168 valence electrons. The number of amides is 1. The summed E-state index contributed by atoms with van der Waals surface area (Å²) in [5.41, 5.74) is 2.63. The standard InChI is InChI=1S/C22H24N4O4S2/c1-15-6-8-17(9-7-15)26(13-5-12-23)21(27)16(2)31-22-24-19-14-18(10-11-20(19)30-22)32(28,29)25(3)4/h6-11,14,16H,5,13H2,1-4H3. The molecule has 0 saturated heterocycles. The fourth-order valence-corrected chi connectivity index (χ4v) is 4.72. The van der Waals surface area contributed by atoms with Gasteiger partial charge in [0.25, 0.3) is 5.22 Å². The van der Waals surface area contributed by atoms with Crippen LogP contribution in [-0.2, 0) is 14.8 Å². The van der Waals surface area contributed by atoms with Crippen LogP contribution in [0.3, 0.4) is 0 Å². The van der Waals surface area contributed by atoms with Gasteiger partial charge in [-0.15, -0.1) is 0 Å². The first-order valence-electron chi connectivity index (χ1n) is 9.88. The van der Waals surface area contributed by atoms with Gasteiger partial charge in [0, 0.05) is 26.3 Å². The predicted octanol–water partition coefficient (Wildman–Crippen LogP) is 3.81. The van der Waals surface area contributed by atoms with Crippen molar-refractivity contribution in [2.24, 2.45) is 0 Å². The Hall–Kier alpha value is -2.87. The Labute approximate surface area is 191 Å². The van der Waals surface area contributed by atoms with Gasteiger partial charge in [-0.25, -0.2) is 17.7 Å². The largest absolute Gasteiger partial charge is 0.431 e. The van der Waals surface area contributed by atoms with Crippen molar-refractivity contribution in [1.82, 2.24) is 9.29 Å². The third-order valence-corrected chi connectivity index (χ3v) is 7.54. The molecule has 0 N–H and O–H groups in total. The molecule has 1 atom stereocenters. The second kappa shape index (κ2) is 9.73. The molecule has 0 spiro atoms. The highest BCUT2D eigenvalue weighted by Crippen LogP contribution is 2.30. The maximum Gasteiger partial charge on any atom is 0.257 e. The van der Waals surface area contributed by atoms with Gasteiger partial charge in [-0.05, 0) is 44.2 Å². The number of oxazole rings is 1. The molecule has 32 heavy (non-hydrogen) atoms. The average molecular weight is 473 g/mol. The molecule has 0 aliphatic carbocycles. The molecule has 0 radical (unpaired) electrons. The molecule has 3 aromatic rings. The summed E-state index contributed by atoms with van der Waals surface area (Å²) in [5.74, 6) is -0.174. The van der Waals surface area contributed by atoms with Gasteiger partial charge in [0.1, 0.15) is 5.52 Å². The normalized spacial score (nSPS) is 12.6. The Bertz CT molecular complexity index is 1260. The van der Waals surface area contributed by atoms with Crippen molar-refractivity contribution < 1.29 is 17.6 Å². The molecular weight excluding hydrogens is 448 g/mol. The van der Waals surface area contributed by atoms with E-state index < -0.39 is 15.3 Å². The van der Waals surface area contributed by atoms with Crippen LogP contribution in [0.5, 0.6) is 0 Å². The van der Waals surface area contributed by atoms with Crippen molar-refractivity contribution in [2.45, 2.75) is 35.6 Å². The Kier molecular flexibility index (Phi) is 7.23. The number of hydrogen-bond acceptors (Lipinski definition) is 7. The summed E-state index contributed by atoms with van der Waals surface area (Å²) >= 11 is 1.14. The number of aryl methyl sites for hydroxylation is 1. The van der Waals surface area contributed by atoms with E-state index in [0.29, 0.717) is 11.1 Å². The van der Waals surface area contributed by atoms with Crippen LogP contribution in [-0.4, -0.2) is 49.5 Å². The SMILES string of the molecule is Cc1ccc(N(CCC#N)C(=O)C(C)Sc2nc3cc(S(=O)(=O)N(C)C)ccc3o2)cc1. The van der Waals surface area contributed by atoms with Gasteiger partial charge in [-0.3, -0.25) is 4.79 Å². The number of benzene rings is 2. The molecule has 3 rings (SSSR count). The number of carbonyl (C=O) groups is 1. The zero-order valence-corrected chi connectivity index (χ0v) is 19.9. The Morgan fingerprint density at radius 2 is 1.91 bits per heavy atom. The van der Waals surface area contributed by atoms with Crippen molar-refractivity contribution in [3.05, 3.63) is 48.0 Å². The summed E-state index contributed by atoms with van der Waals surface area (Å²) < 4.78 is 31.6. The minimum absolute atomic E-state index is 0.117. The van der Waals surface area contributed by atoms with Crippen LogP contribution in [0.15, 0.2) is 57.0 Å². The lowest BCUT2D eigenvalue weighted by molar-refractivity contribution is -0.117. The number of thioether (sulfide) groups is 1. The first-order valence-corrected chi connectivity index (χ1v) is 12.2. The molecule has 0 fully saturated rings. The van der Waals surface area contributed by atoms with E-state index in [-0.39, 0.29) is 29.0 Å². The highest BCUT2D eigenvalue weighted by molar-refractivity contribution is 8.00. The summed E-state index contributed by atoms with van der Waals surface area (Å²) in [6.07, 6.45) is 0.211. The Morgan fingerprint density at radius 3 is 2.53 bits per heavy atom. The number of rotatable bonds is 8. The zero-order chi connectivity index (χ0) is 23.5. The van der Waals surface area contributed by atoms with Crippen molar-refractivity contribution in [1.29, 1.82) is 5.26 Å². The highest BCUT2D eigenvalue weighted by atomic mass is 32.2. The molecular formula is C22H24N4O4S2. The number of fused-ring (bicyclic) bond motifs is 1. The fraction of sp³-hybridized carbons (Fsp3) is 0.318. The van der Waals surface area contributed by atoms with Gasteiger partial charge in [0.05, 0.1) is 22.6 Å². The van der Waals surface area contributed by atoms with E-state index in [1.807, 2.05) is 31.2 Å². The lowest BCUT2D eigenvalue weighted by atomic mass is 10.2. The highest BCUT2D eigenvalue weighted by Gasteiger charge is 2.25. The molecule has 1 unspecified atom stereocenters. The van der Waals surface area contributed by atoms with Gasteiger partial charge in [0.15, 0.2) is 5.58 Å². The third kappa shape index (κ3) is 5.12. The van der Waals surface area contributed by atoms with E-state index in [1.54, 1.807) is 17.9 Å². The van der Waals surface area contributed by atoms with E-state index in [0.717, 1.165) is 27.3 Å². The first kappa shape index (κ1) is 23.8. The number of aromatic nitrogens is 1. The molecule has 1 heterocycles. The molecule has 10 heteroatoms. The van der Waals surface area contributed by atoms with Gasteiger partial charge >= 0.3 is 0 Å². The molecule has 0 saturated carbocycles. The van der Waals surface area contributed by atoms with E-state index in [1.165, 1.54) is 26.2 Å². The van der Waals surface area contributed by atoms with E-state index in [2.05, 4.69) is 11.1 Å². The van der Waals surface area contributed by atoms with Crippen LogP contribution in [0.1, 0.15) is 18.9 Å². The van der Waals surface area contributed by atoms with Crippen molar-refractivity contribution in [3.63, 3.8) is 0 Å². The van der Waals surface area contributed by atoms with Gasteiger partial charge in [-0.2, -0.15) is 5.26 Å². The van der Waals surface area contributed by atoms with E-state index in [9.17, 15) is 13.2 Å². The lowest BCUT2D eigenvalue weighted by Crippen LogP contribution is -2.37.